The van der Waals surface area contributed by atoms with Gasteiger partial charge in [0.1, 0.15) is 5.54 Å². The lowest BCUT2D eigenvalue weighted by Crippen LogP contribution is -2.43. The Morgan fingerprint density at radius 3 is 1.29 bits per heavy atom. The first-order valence-electron chi connectivity index (χ1n) is 8.35. The minimum Gasteiger partial charge on any atom is -0.372 e. The van der Waals surface area contributed by atoms with Gasteiger partial charge in [-0.1, -0.05) is 97.1 Å². The third-order valence-corrected chi connectivity index (χ3v) is 4.44. The van der Waals surface area contributed by atoms with Gasteiger partial charge in [0.05, 0.1) is 0 Å². The fourth-order valence-corrected chi connectivity index (χ4v) is 3.15. The predicted molar refractivity (Wildman–Crippen MR) is 102 cm³/mol. The summed E-state index contributed by atoms with van der Waals surface area (Å²) < 4.78 is 0. The first-order chi connectivity index (χ1) is 11.8. The van der Waals surface area contributed by atoms with E-state index in [1.54, 1.807) is 0 Å². The molecule has 0 fully saturated rings. The highest BCUT2D eigenvalue weighted by atomic mass is 15.0. The number of hydrogen-bond donors (Lipinski definition) is 1. The van der Waals surface area contributed by atoms with Crippen molar-refractivity contribution in [2.75, 3.05) is 0 Å². The van der Waals surface area contributed by atoms with Gasteiger partial charge in [0.25, 0.3) is 0 Å². The maximum Gasteiger partial charge on any atom is 0.113 e. The highest BCUT2D eigenvalue weighted by Gasteiger charge is 2.35. The van der Waals surface area contributed by atoms with Crippen LogP contribution in [-0.4, -0.2) is 0 Å². The molecule has 0 saturated carbocycles. The summed E-state index contributed by atoms with van der Waals surface area (Å²) in [4.78, 5) is 0. The Morgan fingerprint density at radius 2 is 1.00 bits per heavy atom. The maximum atomic E-state index is 3.79. The number of allylic oxidation sites excluding steroid dienone is 2. The molecule has 0 aliphatic rings. The zero-order chi connectivity index (χ0) is 16.8. The molecule has 0 aromatic heterocycles. The van der Waals surface area contributed by atoms with E-state index in [4.69, 9.17) is 0 Å². The first kappa shape index (κ1) is 16.1. The van der Waals surface area contributed by atoms with E-state index in [-0.39, 0.29) is 0 Å². The van der Waals surface area contributed by atoms with E-state index in [1.807, 2.05) is 0 Å². The fourth-order valence-electron chi connectivity index (χ4n) is 3.15. The highest BCUT2D eigenvalue weighted by molar-refractivity contribution is 5.50. The quantitative estimate of drug-likeness (QED) is 0.614. The molecule has 0 aliphatic heterocycles. The largest absolute Gasteiger partial charge is 0.372 e. The standard InChI is InChI=1S/C23H23N/c1-3-19(2)24-23(20-13-7-4-8-14-20,21-15-9-5-10-16-21)22-17-11-6-12-18-22/h3-18,24H,1-2H3. The summed E-state index contributed by atoms with van der Waals surface area (Å²) in [7, 11) is 0. The molecule has 3 aromatic carbocycles. The Balaban J connectivity index is 2.32. The van der Waals surface area contributed by atoms with Crippen LogP contribution >= 0.6 is 0 Å². The Hall–Kier alpha value is -2.80. The predicted octanol–water partition coefficient (Wildman–Crippen LogP) is 5.49. The molecule has 0 saturated heterocycles. The molecule has 0 aliphatic carbocycles. The summed E-state index contributed by atoms with van der Waals surface area (Å²) in [6.45, 7) is 4.18. The van der Waals surface area contributed by atoms with E-state index in [9.17, 15) is 0 Å². The highest BCUT2D eigenvalue weighted by Crippen LogP contribution is 2.37. The van der Waals surface area contributed by atoms with Crippen molar-refractivity contribution < 1.29 is 0 Å². The number of hydrogen-bond acceptors (Lipinski definition) is 1. The smallest absolute Gasteiger partial charge is 0.113 e. The summed E-state index contributed by atoms with van der Waals surface area (Å²) >= 11 is 0. The summed E-state index contributed by atoms with van der Waals surface area (Å²) in [6.07, 6.45) is 2.11. The van der Waals surface area contributed by atoms with Crippen LogP contribution in [0.3, 0.4) is 0 Å². The average Bonchev–Trinajstić information content (AvgIpc) is 2.68. The monoisotopic (exact) mass is 313 g/mol. The molecule has 3 aromatic rings. The van der Waals surface area contributed by atoms with Gasteiger partial charge in [-0.15, -0.1) is 0 Å². The summed E-state index contributed by atoms with van der Waals surface area (Å²) in [6, 6.07) is 31.9. The lowest BCUT2D eigenvalue weighted by Gasteiger charge is -2.38. The molecule has 0 bridgehead atoms. The Bertz CT molecular complexity index is 693. The molecule has 0 unspecified atom stereocenters. The lowest BCUT2D eigenvalue weighted by atomic mass is 9.77. The second kappa shape index (κ2) is 7.18. The van der Waals surface area contributed by atoms with Crippen LogP contribution in [0, 0.1) is 0 Å². The second-order valence-electron chi connectivity index (χ2n) is 5.94. The van der Waals surface area contributed by atoms with Crippen molar-refractivity contribution in [3.63, 3.8) is 0 Å². The van der Waals surface area contributed by atoms with Crippen LogP contribution in [-0.2, 0) is 5.54 Å². The van der Waals surface area contributed by atoms with Crippen molar-refractivity contribution in [1.29, 1.82) is 0 Å². The third kappa shape index (κ3) is 2.98. The zero-order valence-electron chi connectivity index (χ0n) is 14.2. The fraction of sp³-hybridized carbons (Fsp3) is 0.130. The normalized spacial score (nSPS) is 12.0. The van der Waals surface area contributed by atoms with Crippen molar-refractivity contribution in [3.8, 4) is 0 Å². The van der Waals surface area contributed by atoms with Crippen LogP contribution in [0.5, 0.6) is 0 Å². The van der Waals surface area contributed by atoms with E-state index >= 15 is 0 Å². The van der Waals surface area contributed by atoms with E-state index in [0.29, 0.717) is 0 Å². The SMILES string of the molecule is CC=C(C)NC(c1ccccc1)(c1ccccc1)c1ccccc1. The third-order valence-electron chi connectivity index (χ3n) is 4.44. The van der Waals surface area contributed by atoms with Gasteiger partial charge in [-0.05, 0) is 30.5 Å². The van der Waals surface area contributed by atoms with Gasteiger partial charge in [0.2, 0.25) is 0 Å². The Labute approximate surface area is 144 Å². The molecule has 1 N–H and O–H groups in total. The Morgan fingerprint density at radius 1 is 0.667 bits per heavy atom. The molecule has 0 spiro atoms. The molecule has 1 heteroatoms. The van der Waals surface area contributed by atoms with Gasteiger partial charge in [-0.2, -0.15) is 0 Å². The van der Waals surface area contributed by atoms with Gasteiger partial charge < -0.3 is 5.32 Å². The molecule has 3 rings (SSSR count). The minimum atomic E-state index is -0.416. The number of rotatable bonds is 5. The van der Waals surface area contributed by atoms with Gasteiger partial charge in [0.15, 0.2) is 0 Å². The minimum absolute atomic E-state index is 0.416. The van der Waals surface area contributed by atoms with Crippen LogP contribution in [0.2, 0.25) is 0 Å². The average molecular weight is 313 g/mol. The van der Waals surface area contributed by atoms with Gasteiger partial charge in [-0.25, -0.2) is 0 Å². The molecule has 0 atom stereocenters. The van der Waals surface area contributed by atoms with E-state index in [0.717, 1.165) is 5.70 Å². The van der Waals surface area contributed by atoms with Crippen molar-refractivity contribution >= 4 is 0 Å². The molecule has 0 amide bonds. The van der Waals surface area contributed by atoms with E-state index in [2.05, 4.69) is 116 Å². The maximum absolute atomic E-state index is 3.79. The molecule has 24 heavy (non-hydrogen) atoms. The first-order valence-corrected chi connectivity index (χ1v) is 8.35. The van der Waals surface area contributed by atoms with Crippen LogP contribution < -0.4 is 5.32 Å². The lowest BCUT2D eigenvalue weighted by molar-refractivity contribution is 0.528. The summed E-state index contributed by atoms with van der Waals surface area (Å²) in [5.41, 5.74) is 4.41. The van der Waals surface area contributed by atoms with Crippen LogP contribution in [0.25, 0.3) is 0 Å². The summed E-state index contributed by atoms with van der Waals surface area (Å²) in [5, 5.41) is 3.79. The van der Waals surface area contributed by atoms with Crippen molar-refractivity contribution in [2.45, 2.75) is 19.4 Å². The van der Waals surface area contributed by atoms with Crippen LogP contribution in [0.15, 0.2) is 103 Å². The van der Waals surface area contributed by atoms with Crippen molar-refractivity contribution in [2.24, 2.45) is 0 Å². The van der Waals surface area contributed by atoms with E-state index in [1.165, 1.54) is 16.7 Å². The van der Waals surface area contributed by atoms with Crippen LogP contribution in [0.1, 0.15) is 30.5 Å². The number of benzene rings is 3. The topological polar surface area (TPSA) is 12.0 Å². The van der Waals surface area contributed by atoms with E-state index < -0.39 is 5.54 Å². The molecule has 0 radical (unpaired) electrons. The van der Waals surface area contributed by atoms with Gasteiger partial charge in [-0.3, -0.25) is 0 Å². The van der Waals surface area contributed by atoms with Crippen molar-refractivity contribution in [3.05, 3.63) is 119 Å². The summed E-state index contributed by atoms with van der Waals surface area (Å²) in [5.74, 6) is 0. The van der Waals surface area contributed by atoms with Crippen LogP contribution in [0.4, 0.5) is 0 Å². The Kier molecular flexibility index (Phi) is 4.81. The molecule has 0 heterocycles. The molecule has 120 valence electrons. The zero-order valence-corrected chi connectivity index (χ0v) is 14.2. The second-order valence-corrected chi connectivity index (χ2v) is 5.94. The molecular weight excluding hydrogens is 290 g/mol. The van der Waals surface area contributed by atoms with Crippen molar-refractivity contribution in [1.82, 2.24) is 5.32 Å². The van der Waals surface area contributed by atoms with Gasteiger partial charge in [0, 0.05) is 5.70 Å². The molecule has 1 nitrogen and oxygen atoms in total. The van der Waals surface area contributed by atoms with Gasteiger partial charge >= 0.3 is 0 Å². The number of nitrogens with one attached hydrogen (secondary N) is 1. The molecular formula is C23H23N.